The summed E-state index contributed by atoms with van der Waals surface area (Å²) < 4.78 is 6.59. The first-order valence-corrected chi connectivity index (χ1v) is 11.0. The fraction of sp³-hybridized carbons (Fsp3) is 0.320. The van der Waals surface area contributed by atoms with E-state index in [1.54, 1.807) is 13.2 Å². The van der Waals surface area contributed by atoms with E-state index in [0.717, 1.165) is 42.9 Å². The molecule has 7 nitrogen and oxygen atoms in total. The van der Waals surface area contributed by atoms with Crippen LogP contribution < -0.4 is 20.5 Å². The Morgan fingerprint density at radius 1 is 1.09 bits per heavy atom. The van der Waals surface area contributed by atoms with Crippen LogP contribution >= 0.6 is 0 Å². The summed E-state index contributed by atoms with van der Waals surface area (Å²) in [5.74, 6) is 1.28. The topological polar surface area (TPSA) is 76.5 Å². The fourth-order valence-corrected chi connectivity index (χ4v) is 3.95. The molecule has 166 valence electrons. The summed E-state index contributed by atoms with van der Waals surface area (Å²) in [4.78, 5) is 27.4. The first-order valence-electron chi connectivity index (χ1n) is 11.0. The molecule has 1 aliphatic heterocycles. The minimum absolute atomic E-state index is 0.0108. The van der Waals surface area contributed by atoms with E-state index in [1.165, 1.54) is 16.3 Å². The molecule has 32 heavy (non-hydrogen) atoms. The maximum atomic E-state index is 12.9. The molecule has 1 N–H and O–H groups in total. The van der Waals surface area contributed by atoms with E-state index >= 15 is 0 Å². The number of aryl methyl sites for hydroxylation is 1. The third-order valence-corrected chi connectivity index (χ3v) is 5.85. The molecule has 0 spiro atoms. The van der Waals surface area contributed by atoms with E-state index in [9.17, 15) is 9.59 Å². The highest BCUT2D eigenvalue weighted by atomic mass is 16.5. The molecule has 0 aliphatic carbocycles. The van der Waals surface area contributed by atoms with Gasteiger partial charge in [0.05, 0.1) is 18.7 Å². The van der Waals surface area contributed by atoms with Crippen LogP contribution in [-0.4, -0.2) is 35.9 Å². The van der Waals surface area contributed by atoms with Crippen LogP contribution in [0.5, 0.6) is 5.75 Å². The van der Waals surface area contributed by atoms with Crippen molar-refractivity contribution in [2.24, 2.45) is 5.92 Å². The molecular formula is C25H28N4O3. The van der Waals surface area contributed by atoms with E-state index in [-0.39, 0.29) is 17.4 Å². The lowest BCUT2D eigenvalue weighted by molar-refractivity contribution is -0.120. The molecule has 0 bridgehead atoms. The van der Waals surface area contributed by atoms with Crippen molar-refractivity contribution in [2.45, 2.75) is 26.2 Å². The van der Waals surface area contributed by atoms with Crippen LogP contribution in [0.25, 0.3) is 5.69 Å². The number of nitrogens with one attached hydrogen (secondary N) is 1. The number of aromatic nitrogens is 2. The van der Waals surface area contributed by atoms with E-state index < -0.39 is 0 Å². The number of rotatable bonds is 6. The third kappa shape index (κ3) is 4.82. The summed E-state index contributed by atoms with van der Waals surface area (Å²) >= 11 is 0. The average Bonchev–Trinajstić information content (AvgIpc) is 2.85. The second-order valence-electron chi connectivity index (χ2n) is 7.96. The summed E-state index contributed by atoms with van der Waals surface area (Å²) in [5.41, 5.74) is 2.51. The van der Waals surface area contributed by atoms with Crippen molar-refractivity contribution >= 4 is 17.4 Å². The van der Waals surface area contributed by atoms with Crippen molar-refractivity contribution in [3.05, 3.63) is 76.6 Å². The van der Waals surface area contributed by atoms with Gasteiger partial charge in [0.15, 0.2) is 0 Å². The van der Waals surface area contributed by atoms with Gasteiger partial charge in [0, 0.05) is 24.8 Å². The summed E-state index contributed by atoms with van der Waals surface area (Å²) in [7, 11) is 1.61. The summed E-state index contributed by atoms with van der Waals surface area (Å²) in [6.45, 7) is 3.45. The minimum Gasteiger partial charge on any atom is -0.497 e. The van der Waals surface area contributed by atoms with Gasteiger partial charge in [-0.15, -0.1) is 5.10 Å². The molecule has 0 saturated carbocycles. The van der Waals surface area contributed by atoms with Gasteiger partial charge >= 0.3 is 0 Å². The number of carbonyl (C=O) groups is 1. The highest BCUT2D eigenvalue weighted by Gasteiger charge is 2.27. The summed E-state index contributed by atoms with van der Waals surface area (Å²) in [6.07, 6.45) is 2.64. The maximum Gasteiger partial charge on any atom is 0.271 e. The number of amides is 1. The molecule has 2 heterocycles. The fourth-order valence-electron chi connectivity index (χ4n) is 3.95. The Balaban J connectivity index is 1.48. The summed E-state index contributed by atoms with van der Waals surface area (Å²) in [6, 6.07) is 18.4. The monoisotopic (exact) mass is 432 g/mol. The van der Waals surface area contributed by atoms with Gasteiger partial charge in [0.25, 0.3) is 5.56 Å². The van der Waals surface area contributed by atoms with E-state index in [2.05, 4.69) is 22.2 Å². The van der Waals surface area contributed by atoms with Gasteiger partial charge in [-0.3, -0.25) is 9.59 Å². The van der Waals surface area contributed by atoms with Crippen molar-refractivity contribution in [3.63, 3.8) is 0 Å². The van der Waals surface area contributed by atoms with Crippen LogP contribution in [0.15, 0.2) is 65.5 Å². The second kappa shape index (κ2) is 9.68. The van der Waals surface area contributed by atoms with Gasteiger partial charge < -0.3 is 15.0 Å². The highest BCUT2D eigenvalue weighted by Crippen LogP contribution is 2.23. The molecule has 1 fully saturated rings. The van der Waals surface area contributed by atoms with Crippen LogP contribution in [0.1, 0.15) is 25.3 Å². The average molecular weight is 433 g/mol. The first kappa shape index (κ1) is 21.6. The number of piperidine rings is 1. The van der Waals surface area contributed by atoms with Gasteiger partial charge in [0.2, 0.25) is 5.91 Å². The Morgan fingerprint density at radius 2 is 1.84 bits per heavy atom. The standard InChI is InChI=1S/C25H28N4O3/c1-3-18-6-10-21(11-7-18)29-24(30)15-14-23(27-29)28-16-4-5-19(17-28)25(31)26-20-8-12-22(32-2)13-9-20/h6-15,19H,3-5,16-17H2,1-2H3,(H,26,31). The molecule has 1 saturated heterocycles. The van der Waals surface area contributed by atoms with Crippen molar-refractivity contribution in [1.82, 2.24) is 9.78 Å². The summed E-state index contributed by atoms with van der Waals surface area (Å²) in [5, 5.41) is 7.60. The smallest absolute Gasteiger partial charge is 0.271 e. The highest BCUT2D eigenvalue weighted by molar-refractivity contribution is 5.93. The third-order valence-electron chi connectivity index (χ3n) is 5.85. The van der Waals surface area contributed by atoms with Crippen molar-refractivity contribution in [2.75, 3.05) is 30.4 Å². The molecule has 1 amide bonds. The number of anilines is 2. The molecule has 1 aromatic heterocycles. The zero-order valence-corrected chi connectivity index (χ0v) is 18.5. The van der Waals surface area contributed by atoms with Crippen LogP contribution in [0.4, 0.5) is 11.5 Å². The Kier molecular flexibility index (Phi) is 6.54. The van der Waals surface area contributed by atoms with Gasteiger partial charge in [0.1, 0.15) is 11.6 Å². The minimum atomic E-state index is -0.177. The molecule has 3 aromatic rings. The number of carbonyl (C=O) groups excluding carboxylic acids is 1. The van der Waals surface area contributed by atoms with E-state index in [1.807, 2.05) is 48.5 Å². The zero-order chi connectivity index (χ0) is 22.5. The number of nitrogens with zero attached hydrogens (tertiary/aromatic N) is 3. The van der Waals surface area contributed by atoms with Crippen LogP contribution in [0.2, 0.25) is 0 Å². The molecule has 0 radical (unpaired) electrons. The predicted octanol–water partition coefficient (Wildman–Crippen LogP) is 3.66. The lowest BCUT2D eigenvalue weighted by Crippen LogP contribution is -2.41. The van der Waals surface area contributed by atoms with Crippen LogP contribution in [0.3, 0.4) is 0 Å². The van der Waals surface area contributed by atoms with Gasteiger partial charge in [-0.1, -0.05) is 19.1 Å². The van der Waals surface area contributed by atoms with Crippen LogP contribution in [0, 0.1) is 5.92 Å². The Bertz CT molecular complexity index is 1120. The second-order valence-corrected chi connectivity index (χ2v) is 7.96. The molecule has 1 atom stereocenters. The Hall–Kier alpha value is -3.61. The van der Waals surface area contributed by atoms with Crippen LogP contribution in [-0.2, 0) is 11.2 Å². The molecule has 2 aromatic carbocycles. The molecular weight excluding hydrogens is 404 g/mol. The maximum absolute atomic E-state index is 12.9. The van der Waals surface area contributed by atoms with Crippen molar-refractivity contribution in [3.8, 4) is 11.4 Å². The Morgan fingerprint density at radius 3 is 2.53 bits per heavy atom. The first-order chi connectivity index (χ1) is 15.6. The number of methoxy groups -OCH3 is 1. The van der Waals surface area contributed by atoms with Gasteiger partial charge in [-0.2, -0.15) is 4.68 Å². The zero-order valence-electron chi connectivity index (χ0n) is 18.5. The number of hydrogen-bond acceptors (Lipinski definition) is 5. The molecule has 1 aliphatic rings. The van der Waals surface area contributed by atoms with Crippen molar-refractivity contribution < 1.29 is 9.53 Å². The van der Waals surface area contributed by atoms with E-state index in [4.69, 9.17) is 4.74 Å². The molecule has 7 heteroatoms. The largest absolute Gasteiger partial charge is 0.497 e. The van der Waals surface area contributed by atoms with Gasteiger partial charge in [-0.25, -0.2) is 0 Å². The number of benzene rings is 2. The van der Waals surface area contributed by atoms with E-state index in [0.29, 0.717) is 12.4 Å². The number of hydrogen-bond donors (Lipinski definition) is 1. The normalized spacial score (nSPS) is 15.9. The lowest BCUT2D eigenvalue weighted by atomic mass is 9.97. The van der Waals surface area contributed by atoms with Gasteiger partial charge in [-0.05, 0) is 67.3 Å². The number of ether oxygens (including phenoxy) is 1. The molecule has 4 rings (SSSR count). The van der Waals surface area contributed by atoms with Crippen molar-refractivity contribution in [1.29, 1.82) is 0 Å². The SMILES string of the molecule is CCc1ccc(-n2nc(N3CCCC(C(=O)Nc4ccc(OC)cc4)C3)ccc2=O)cc1. The lowest BCUT2D eigenvalue weighted by Gasteiger charge is -2.33. The molecule has 1 unspecified atom stereocenters. The quantitative estimate of drug-likeness (QED) is 0.643. The Labute approximate surface area is 187 Å². The predicted molar refractivity (Wildman–Crippen MR) is 126 cm³/mol.